The zero-order valence-electron chi connectivity index (χ0n) is 13.3. The second-order valence-electron chi connectivity index (χ2n) is 7.29. The van der Waals surface area contributed by atoms with Crippen molar-refractivity contribution in [2.75, 3.05) is 20.1 Å². The first-order valence-electron chi connectivity index (χ1n) is 7.84. The van der Waals surface area contributed by atoms with Crippen molar-refractivity contribution in [1.29, 1.82) is 0 Å². The van der Waals surface area contributed by atoms with Gasteiger partial charge in [-0.05, 0) is 72.5 Å². The van der Waals surface area contributed by atoms with Crippen LogP contribution in [0.25, 0.3) is 0 Å². The highest BCUT2D eigenvalue weighted by molar-refractivity contribution is 4.77. The van der Waals surface area contributed by atoms with Gasteiger partial charge in [0.15, 0.2) is 0 Å². The zero-order valence-corrected chi connectivity index (χ0v) is 13.3. The van der Waals surface area contributed by atoms with Gasteiger partial charge in [-0.1, -0.05) is 19.8 Å². The molecule has 0 aromatic heterocycles. The quantitative estimate of drug-likeness (QED) is 0.728. The monoisotopic (exact) mass is 254 g/mol. The summed E-state index contributed by atoms with van der Waals surface area (Å²) in [6.45, 7) is 11.5. The molecule has 0 spiro atoms. The number of hydrogen-bond acceptors (Lipinski definition) is 2. The second-order valence-corrected chi connectivity index (χ2v) is 7.29. The van der Waals surface area contributed by atoms with Crippen LogP contribution in [0.3, 0.4) is 0 Å². The third-order valence-electron chi connectivity index (χ3n) is 4.12. The summed E-state index contributed by atoms with van der Waals surface area (Å²) in [5.74, 6) is 0.939. The van der Waals surface area contributed by atoms with E-state index in [0.29, 0.717) is 0 Å². The van der Waals surface area contributed by atoms with Crippen LogP contribution in [-0.4, -0.2) is 36.6 Å². The molecule has 108 valence electrons. The molecular formula is C16H34N2. The Labute approximate surface area is 115 Å². The third-order valence-corrected chi connectivity index (χ3v) is 4.12. The SMILES string of the molecule is CC1CCCC(N(C)CCCCNC(C)(C)C)C1. The van der Waals surface area contributed by atoms with Crippen LogP contribution < -0.4 is 5.32 Å². The van der Waals surface area contributed by atoms with Gasteiger partial charge in [0.1, 0.15) is 0 Å². The highest BCUT2D eigenvalue weighted by Gasteiger charge is 2.21. The van der Waals surface area contributed by atoms with Crippen LogP contribution in [0.1, 0.15) is 66.2 Å². The van der Waals surface area contributed by atoms with E-state index in [-0.39, 0.29) is 5.54 Å². The molecule has 0 radical (unpaired) electrons. The summed E-state index contributed by atoms with van der Waals surface area (Å²) in [5.41, 5.74) is 0.269. The van der Waals surface area contributed by atoms with Crippen LogP contribution in [-0.2, 0) is 0 Å². The maximum Gasteiger partial charge on any atom is 0.00965 e. The minimum Gasteiger partial charge on any atom is -0.312 e. The maximum absolute atomic E-state index is 3.56. The molecule has 2 atom stereocenters. The molecule has 1 rings (SSSR count). The second kappa shape index (κ2) is 7.49. The molecule has 0 bridgehead atoms. The van der Waals surface area contributed by atoms with Gasteiger partial charge in [0.25, 0.3) is 0 Å². The molecule has 1 aliphatic carbocycles. The summed E-state index contributed by atoms with van der Waals surface area (Å²) in [6, 6.07) is 0.851. The van der Waals surface area contributed by atoms with Gasteiger partial charge in [-0.3, -0.25) is 0 Å². The molecule has 2 heteroatoms. The van der Waals surface area contributed by atoms with Crippen molar-refractivity contribution in [3.8, 4) is 0 Å². The van der Waals surface area contributed by atoms with Gasteiger partial charge in [0.2, 0.25) is 0 Å². The topological polar surface area (TPSA) is 15.3 Å². The number of hydrogen-bond donors (Lipinski definition) is 1. The number of nitrogens with one attached hydrogen (secondary N) is 1. The average Bonchev–Trinajstić information content (AvgIpc) is 2.26. The molecule has 18 heavy (non-hydrogen) atoms. The van der Waals surface area contributed by atoms with Crippen LogP contribution in [0.5, 0.6) is 0 Å². The van der Waals surface area contributed by atoms with Crippen molar-refractivity contribution < 1.29 is 0 Å². The average molecular weight is 254 g/mol. The van der Waals surface area contributed by atoms with Crippen LogP contribution in [0.15, 0.2) is 0 Å². The van der Waals surface area contributed by atoms with Gasteiger partial charge in [-0.2, -0.15) is 0 Å². The molecule has 0 saturated heterocycles. The van der Waals surface area contributed by atoms with Crippen molar-refractivity contribution in [1.82, 2.24) is 10.2 Å². The van der Waals surface area contributed by atoms with Crippen LogP contribution in [0.2, 0.25) is 0 Å². The van der Waals surface area contributed by atoms with E-state index in [2.05, 4.69) is 45.0 Å². The predicted octanol–water partition coefficient (Wildman–Crippen LogP) is 3.67. The van der Waals surface area contributed by atoms with Crippen molar-refractivity contribution >= 4 is 0 Å². The molecular weight excluding hydrogens is 220 g/mol. The fraction of sp³-hybridized carbons (Fsp3) is 1.00. The minimum atomic E-state index is 0.269. The highest BCUT2D eigenvalue weighted by atomic mass is 15.1. The maximum atomic E-state index is 3.56. The molecule has 0 heterocycles. The van der Waals surface area contributed by atoms with Gasteiger partial charge in [-0.15, -0.1) is 0 Å². The van der Waals surface area contributed by atoms with Crippen LogP contribution in [0, 0.1) is 5.92 Å². The fourth-order valence-corrected chi connectivity index (χ4v) is 2.93. The lowest BCUT2D eigenvalue weighted by atomic mass is 9.86. The number of nitrogens with zero attached hydrogens (tertiary/aromatic N) is 1. The summed E-state index contributed by atoms with van der Waals surface area (Å²) < 4.78 is 0. The molecule has 0 aliphatic heterocycles. The van der Waals surface area contributed by atoms with Crippen molar-refractivity contribution in [2.24, 2.45) is 5.92 Å². The van der Waals surface area contributed by atoms with E-state index in [1.54, 1.807) is 0 Å². The normalized spacial score (nSPS) is 25.7. The number of rotatable bonds is 6. The molecule has 2 unspecified atom stereocenters. The molecule has 0 aromatic rings. The Hall–Kier alpha value is -0.0800. The molecule has 1 saturated carbocycles. The first-order valence-corrected chi connectivity index (χ1v) is 7.84. The van der Waals surface area contributed by atoms with Crippen molar-refractivity contribution in [3.05, 3.63) is 0 Å². The van der Waals surface area contributed by atoms with Gasteiger partial charge in [0, 0.05) is 11.6 Å². The summed E-state index contributed by atoms with van der Waals surface area (Å²) in [4.78, 5) is 2.60. The largest absolute Gasteiger partial charge is 0.312 e. The first kappa shape index (κ1) is 16.0. The van der Waals surface area contributed by atoms with E-state index in [0.717, 1.165) is 18.5 Å². The van der Waals surface area contributed by atoms with Gasteiger partial charge < -0.3 is 10.2 Å². The van der Waals surface area contributed by atoms with Gasteiger partial charge >= 0.3 is 0 Å². The Morgan fingerprint density at radius 3 is 2.50 bits per heavy atom. The smallest absolute Gasteiger partial charge is 0.00965 e. The Morgan fingerprint density at radius 1 is 1.17 bits per heavy atom. The van der Waals surface area contributed by atoms with E-state index in [4.69, 9.17) is 0 Å². The third kappa shape index (κ3) is 6.75. The molecule has 1 fully saturated rings. The molecule has 2 nitrogen and oxygen atoms in total. The summed E-state index contributed by atoms with van der Waals surface area (Å²) in [7, 11) is 2.32. The summed E-state index contributed by atoms with van der Waals surface area (Å²) >= 11 is 0. The van der Waals surface area contributed by atoms with Gasteiger partial charge in [0.05, 0.1) is 0 Å². The standard InChI is InChI=1S/C16H34N2/c1-14-9-8-10-15(13-14)18(5)12-7-6-11-17-16(2,3)4/h14-15,17H,6-13H2,1-5H3. The summed E-state index contributed by atoms with van der Waals surface area (Å²) in [5, 5.41) is 3.56. The molecule has 1 N–H and O–H groups in total. The Balaban J connectivity index is 2.07. The number of unbranched alkanes of at least 4 members (excludes halogenated alkanes) is 1. The van der Waals surface area contributed by atoms with Crippen molar-refractivity contribution in [3.63, 3.8) is 0 Å². The predicted molar refractivity (Wildman–Crippen MR) is 81.0 cm³/mol. The Morgan fingerprint density at radius 2 is 1.89 bits per heavy atom. The lowest BCUT2D eigenvalue weighted by molar-refractivity contribution is 0.161. The fourth-order valence-electron chi connectivity index (χ4n) is 2.93. The molecule has 0 amide bonds. The van der Waals surface area contributed by atoms with Crippen molar-refractivity contribution in [2.45, 2.75) is 77.8 Å². The van der Waals surface area contributed by atoms with Crippen LogP contribution >= 0.6 is 0 Å². The van der Waals surface area contributed by atoms with Crippen LogP contribution in [0.4, 0.5) is 0 Å². The Kier molecular flexibility index (Phi) is 6.65. The van der Waals surface area contributed by atoms with E-state index in [1.165, 1.54) is 45.1 Å². The van der Waals surface area contributed by atoms with E-state index in [1.807, 2.05) is 0 Å². The Bertz CT molecular complexity index is 220. The highest BCUT2D eigenvalue weighted by Crippen LogP contribution is 2.26. The van der Waals surface area contributed by atoms with E-state index < -0.39 is 0 Å². The van der Waals surface area contributed by atoms with E-state index >= 15 is 0 Å². The summed E-state index contributed by atoms with van der Waals surface area (Å²) in [6.07, 6.45) is 8.33. The lowest BCUT2D eigenvalue weighted by Gasteiger charge is -2.34. The first-order chi connectivity index (χ1) is 8.38. The molecule has 1 aliphatic rings. The molecule has 0 aromatic carbocycles. The van der Waals surface area contributed by atoms with E-state index in [9.17, 15) is 0 Å². The lowest BCUT2D eigenvalue weighted by Crippen LogP contribution is -2.38. The van der Waals surface area contributed by atoms with Gasteiger partial charge in [-0.25, -0.2) is 0 Å². The minimum absolute atomic E-state index is 0.269. The zero-order chi connectivity index (χ0) is 13.6.